The summed E-state index contributed by atoms with van der Waals surface area (Å²) in [6.07, 6.45) is 34.3. The number of rotatable bonds is 30. The summed E-state index contributed by atoms with van der Waals surface area (Å²) in [5, 5.41) is 0. The van der Waals surface area contributed by atoms with Gasteiger partial charge in [0.25, 0.3) is 0 Å². The Balaban J connectivity index is 2.20. The van der Waals surface area contributed by atoms with Crippen molar-refractivity contribution in [1.82, 2.24) is 0 Å². The highest BCUT2D eigenvalue weighted by Crippen LogP contribution is 2.45. The maximum atomic E-state index is 12.7. The van der Waals surface area contributed by atoms with Crippen molar-refractivity contribution >= 4 is 11.4 Å². The second-order valence-corrected chi connectivity index (χ2v) is 16.2. The van der Waals surface area contributed by atoms with Crippen LogP contribution in [0, 0.1) is 0 Å². The molecule has 3 rings (SSSR count). The van der Waals surface area contributed by atoms with E-state index < -0.39 is 0 Å². The molecule has 2 heteroatoms. The SMILES string of the molecule is CCCCCCCCC1=C(c2cc(CCCCC)cc(CCCCC)c2)[N+](=[N-])C(c2cc(CCCCC)cc(CCCCC)c2)=C1CCCCCC. The first kappa shape index (κ1) is 43.9. The summed E-state index contributed by atoms with van der Waals surface area (Å²) >= 11 is 0. The zero-order valence-corrected chi connectivity index (χ0v) is 35.2. The largest absolute Gasteiger partial charge is 0.493 e. The van der Waals surface area contributed by atoms with Crippen LogP contribution >= 0.6 is 0 Å². The van der Waals surface area contributed by atoms with Crippen molar-refractivity contribution < 1.29 is 4.70 Å². The average molecular weight is 709 g/mol. The molecule has 1 heterocycles. The lowest BCUT2D eigenvalue weighted by molar-refractivity contribution is -0.345. The van der Waals surface area contributed by atoms with E-state index in [9.17, 15) is 5.53 Å². The molecule has 2 aromatic rings. The smallest absolute Gasteiger partial charge is 0.211 e. The number of allylic oxidation sites excluding steroid dienone is 2. The number of nitrogens with zero attached hydrogens (tertiary/aromatic N) is 2. The molecule has 0 saturated heterocycles. The minimum absolute atomic E-state index is 1.05. The Morgan fingerprint density at radius 2 is 0.577 bits per heavy atom. The highest BCUT2D eigenvalue weighted by atomic mass is 15.2. The van der Waals surface area contributed by atoms with E-state index in [1.54, 1.807) is 4.70 Å². The fourth-order valence-corrected chi connectivity index (χ4v) is 8.29. The van der Waals surface area contributed by atoms with Gasteiger partial charge in [0.2, 0.25) is 11.4 Å². The Morgan fingerprint density at radius 1 is 0.327 bits per heavy atom. The van der Waals surface area contributed by atoms with Crippen molar-refractivity contribution in [1.29, 1.82) is 0 Å². The van der Waals surface area contributed by atoms with E-state index in [-0.39, 0.29) is 0 Å². The van der Waals surface area contributed by atoms with Crippen LogP contribution in [0.1, 0.15) is 229 Å². The van der Waals surface area contributed by atoms with Gasteiger partial charge >= 0.3 is 0 Å². The molecular weight excluding hydrogens is 629 g/mol. The minimum atomic E-state index is 1.05. The highest BCUT2D eigenvalue weighted by Gasteiger charge is 2.36. The van der Waals surface area contributed by atoms with Gasteiger partial charge in [-0.05, 0) is 124 Å². The lowest BCUT2D eigenvalue weighted by Crippen LogP contribution is -2.05. The highest BCUT2D eigenvalue weighted by molar-refractivity contribution is 5.82. The van der Waals surface area contributed by atoms with Gasteiger partial charge < -0.3 is 5.53 Å². The quantitative estimate of drug-likeness (QED) is 0.0570. The van der Waals surface area contributed by atoms with Crippen LogP contribution in [0.2, 0.25) is 0 Å². The van der Waals surface area contributed by atoms with Gasteiger partial charge in [0, 0.05) is 22.3 Å². The summed E-state index contributed by atoms with van der Waals surface area (Å²) < 4.78 is 1.70. The lowest BCUT2D eigenvalue weighted by atomic mass is 9.89. The van der Waals surface area contributed by atoms with E-state index in [4.69, 9.17) is 0 Å². The van der Waals surface area contributed by atoms with Crippen LogP contribution < -0.4 is 0 Å². The molecule has 2 nitrogen and oxygen atoms in total. The first-order chi connectivity index (χ1) is 25.5. The number of unbranched alkanes of at least 4 members (excludes halogenated alkanes) is 16. The molecule has 0 bridgehead atoms. The number of benzene rings is 2. The third kappa shape index (κ3) is 14.7. The molecule has 0 saturated carbocycles. The molecule has 0 unspecified atom stereocenters. The third-order valence-electron chi connectivity index (χ3n) is 11.3. The summed E-state index contributed by atoms with van der Waals surface area (Å²) in [5.41, 5.74) is 26.0. The molecule has 0 spiro atoms. The van der Waals surface area contributed by atoms with Gasteiger partial charge in [0.05, 0.1) is 0 Å². The molecule has 290 valence electrons. The maximum absolute atomic E-state index is 12.7. The molecule has 2 aromatic carbocycles. The lowest BCUT2D eigenvalue weighted by Gasteiger charge is -2.15. The summed E-state index contributed by atoms with van der Waals surface area (Å²) in [4.78, 5) is 0. The molecule has 0 N–H and O–H groups in total. The van der Waals surface area contributed by atoms with Crippen molar-refractivity contribution in [3.8, 4) is 0 Å². The predicted octanol–water partition coefficient (Wildman–Crippen LogP) is 16.5. The van der Waals surface area contributed by atoms with E-state index in [1.807, 2.05) is 0 Å². The van der Waals surface area contributed by atoms with Gasteiger partial charge in [-0.3, -0.25) is 0 Å². The predicted molar refractivity (Wildman–Crippen MR) is 230 cm³/mol. The van der Waals surface area contributed by atoms with Crippen LogP contribution in [0.15, 0.2) is 47.5 Å². The molecule has 0 fully saturated rings. The van der Waals surface area contributed by atoms with E-state index >= 15 is 0 Å². The van der Waals surface area contributed by atoms with Crippen molar-refractivity contribution in [2.75, 3.05) is 0 Å². The summed E-state index contributed by atoms with van der Waals surface area (Å²) in [6, 6.07) is 14.8. The van der Waals surface area contributed by atoms with Gasteiger partial charge in [-0.25, -0.2) is 4.70 Å². The number of hydrogen-bond acceptors (Lipinski definition) is 0. The number of hydrogen-bond donors (Lipinski definition) is 0. The Bertz CT molecular complexity index is 1320. The molecule has 0 atom stereocenters. The second-order valence-electron chi connectivity index (χ2n) is 16.2. The Morgan fingerprint density at radius 3 is 0.904 bits per heavy atom. The van der Waals surface area contributed by atoms with Gasteiger partial charge in [-0.1, -0.05) is 156 Å². The molecular formula is C50H80N2. The monoisotopic (exact) mass is 709 g/mol. The van der Waals surface area contributed by atoms with Gasteiger partial charge in [0.15, 0.2) is 0 Å². The van der Waals surface area contributed by atoms with Crippen molar-refractivity contribution in [3.05, 3.63) is 86.5 Å². The van der Waals surface area contributed by atoms with Gasteiger partial charge in [0.1, 0.15) is 0 Å². The van der Waals surface area contributed by atoms with Crippen LogP contribution in [0.3, 0.4) is 0 Å². The molecule has 0 radical (unpaired) electrons. The van der Waals surface area contributed by atoms with E-state index in [2.05, 4.69) is 77.9 Å². The number of aryl methyl sites for hydroxylation is 4. The Hall–Kier alpha value is -2.48. The molecule has 1 aliphatic heterocycles. The van der Waals surface area contributed by atoms with Crippen molar-refractivity contribution in [2.45, 2.75) is 221 Å². The standard InChI is InChI=1S/C50H80N2/c1-7-13-19-21-22-28-34-48-47(33-27-20-14-8-2)49(45-37-41(29-23-15-9-3)35-42(38-45)30-24-16-10-4)52(51)50(48)46-39-43(31-25-17-11-5)36-44(40-46)32-26-18-12-6/h35-40H,7-34H2,1-6H3. The summed E-state index contributed by atoms with van der Waals surface area (Å²) in [7, 11) is 0. The van der Waals surface area contributed by atoms with Gasteiger partial charge in [-0.15, -0.1) is 0 Å². The fraction of sp³-hybridized carbons (Fsp3) is 0.680. The normalized spacial score (nSPS) is 13.3. The molecule has 0 aromatic heterocycles. The summed E-state index contributed by atoms with van der Waals surface area (Å²) in [5.74, 6) is 0. The van der Waals surface area contributed by atoms with Crippen LogP contribution in [-0.2, 0) is 25.7 Å². The zero-order valence-electron chi connectivity index (χ0n) is 35.2. The van der Waals surface area contributed by atoms with Crippen LogP contribution in [-0.4, -0.2) is 4.70 Å². The van der Waals surface area contributed by atoms with Crippen LogP contribution in [0.4, 0.5) is 0 Å². The maximum Gasteiger partial charge on any atom is 0.211 e. The van der Waals surface area contributed by atoms with Crippen LogP contribution in [0.5, 0.6) is 0 Å². The molecule has 1 aliphatic rings. The molecule has 0 aliphatic carbocycles. The Kier molecular flexibility index (Phi) is 22.2. The third-order valence-corrected chi connectivity index (χ3v) is 11.3. The molecule has 52 heavy (non-hydrogen) atoms. The van der Waals surface area contributed by atoms with Gasteiger partial charge in [-0.2, -0.15) is 0 Å². The van der Waals surface area contributed by atoms with E-state index in [0.717, 1.165) is 49.9 Å². The first-order valence-corrected chi connectivity index (χ1v) is 22.7. The van der Waals surface area contributed by atoms with Crippen LogP contribution in [0.25, 0.3) is 16.9 Å². The average Bonchev–Trinajstić information content (AvgIpc) is 3.42. The second kappa shape index (κ2) is 26.3. The first-order valence-electron chi connectivity index (χ1n) is 22.7. The summed E-state index contributed by atoms with van der Waals surface area (Å²) in [6.45, 7) is 13.8. The van der Waals surface area contributed by atoms with Crippen molar-refractivity contribution in [2.24, 2.45) is 0 Å². The zero-order chi connectivity index (χ0) is 37.4. The Labute approximate surface area is 322 Å². The molecule has 0 amide bonds. The van der Waals surface area contributed by atoms with E-state index in [0.29, 0.717) is 0 Å². The topological polar surface area (TPSA) is 25.3 Å². The fourth-order valence-electron chi connectivity index (χ4n) is 8.29. The minimum Gasteiger partial charge on any atom is -0.493 e. The van der Waals surface area contributed by atoms with Crippen molar-refractivity contribution in [3.63, 3.8) is 0 Å². The van der Waals surface area contributed by atoms with E-state index in [1.165, 1.54) is 186 Å².